The lowest BCUT2D eigenvalue weighted by atomic mass is 10.3. The zero-order valence-corrected chi connectivity index (χ0v) is 7.64. The van der Waals surface area contributed by atoms with Crippen LogP contribution in [0.1, 0.15) is 5.56 Å². The van der Waals surface area contributed by atoms with Gasteiger partial charge < -0.3 is 0 Å². The Labute approximate surface area is 78.4 Å². The van der Waals surface area contributed by atoms with Crippen LogP contribution < -0.4 is 0 Å². The Hall–Kier alpha value is -0.870. The maximum Gasteiger partial charge on any atom is 0.324 e. The summed E-state index contributed by atoms with van der Waals surface area (Å²) in [5, 5.41) is 12.1. The van der Waals surface area contributed by atoms with Crippen LogP contribution >= 0.6 is 22.9 Å². The Morgan fingerprint density at radius 1 is 1.75 bits per heavy atom. The van der Waals surface area contributed by atoms with E-state index in [1.165, 1.54) is 6.07 Å². The summed E-state index contributed by atoms with van der Waals surface area (Å²) in [7, 11) is 0. The number of nitrogens with zero attached hydrogens (tertiary/aromatic N) is 1. The van der Waals surface area contributed by atoms with E-state index in [1.54, 1.807) is 17.5 Å². The Morgan fingerprint density at radius 2 is 2.50 bits per heavy atom. The molecule has 0 saturated heterocycles. The summed E-state index contributed by atoms with van der Waals surface area (Å²) >= 11 is 6.52. The monoisotopic (exact) mass is 203 g/mol. The summed E-state index contributed by atoms with van der Waals surface area (Å²) in [6, 6.07) is 1.52. The van der Waals surface area contributed by atoms with Crippen molar-refractivity contribution in [2.45, 2.75) is 0 Å². The van der Waals surface area contributed by atoms with E-state index >= 15 is 0 Å². The number of thiophene rings is 1. The molecule has 0 aromatic carbocycles. The third kappa shape index (κ3) is 2.32. The molecule has 0 aliphatic heterocycles. The van der Waals surface area contributed by atoms with Crippen LogP contribution in [0.15, 0.2) is 17.5 Å². The normalized spacial score (nSPS) is 10.8. The number of alkyl halides is 1. The van der Waals surface area contributed by atoms with Crippen molar-refractivity contribution in [2.75, 3.05) is 5.88 Å². The van der Waals surface area contributed by atoms with Gasteiger partial charge in [-0.15, -0.1) is 11.6 Å². The van der Waals surface area contributed by atoms with Crippen molar-refractivity contribution < 1.29 is 4.92 Å². The van der Waals surface area contributed by atoms with Gasteiger partial charge in [-0.1, -0.05) is 23.5 Å². The molecular weight excluding hydrogens is 198 g/mol. The molecule has 12 heavy (non-hydrogen) atoms. The van der Waals surface area contributed by atoms with E-state index in [1.807, 2.05) is 0 Å². The van der Waals surface area contributed by atoms with Crippen molar-refractivity contribution in [3.63, 3.8) is 0 Å². The topological polar surface area (TPSA) is 43.1 Å². The van der Waals surface area contributed by atoms with Crippen molar-refractivity contribution in [3.8, 4) is 0 Å². The van der Waals surface area contributed by atoms with Crippen LogP contribution in [-0.4, -0.2) is 10.8 Å². The highest BCUT2D eigenvalue weighted by Gasteiger charge is 2.06. The molecule has 0 N–H and O–H groups in total. The number of allylic oxidation sites excluding steroid dienone is 1. The molecule has 0 amide bonds. The van der Waals surface area contributed by atoms with Crippen LogP contribution in [0.3, 0.4) is 0 Å². The minimum atomic E-state index is -0.400. The molecule has 0 aliphatic carbocycles. The van der Waals surface area contributed by atoms with Crippen LogP contribution in [0.2, 0.25) is 0 Å². The van der Waals surface area contributed by atoms with Gasteiger partial charge in [0.1, 0.15) is 0 Å². The molecule has 0 spiro atoms. The van der Waals surface area contributed by atoms with E-state index in [0.717, 1.165) is 16.9 Å². The molecule has 0 atom stereocenters. The van der Waals surface area contributed by atoms with Gasteiger partial charge in [0.2, 0.25) is 0 Å². The second-order valence-electron chi connectivity index (χ2n) is 2.03. The predicted octanol–water partition coefficient (Wildman–Crippen LogP) is 2.91. The average Bonchev–Trinajstić information content (AvgIpc) is 2.48. The van der Waals surface area contributed by atoms with E-state index in [2.05, 4.69) is 0 Å². The lowest BCUT2D eigenvalue weighted by Crippen LogP contribution is -1.80. The Balaban J connectivity index is 2.77. The SMILES string of the molecule is O=[N+]([O-])c1cc(C=CCCl)cs1. The molecule has 0 aliphatic rings. The predicted molar refractivity (Wildman–Crippen MR) is 50.7 cm³/mol. The molecule has 1 aromatic heterocycles. The third-order valence-electron chi connectivity index (χ3n) is 1.19. The maximum atomic E-state index is 10.3. The fourth-order valence-electron chi connectivity index (χ4n) is 0.703. The van der Waals surface area contributed by atoms with Gasteiger partial charge in [-0.25, -0.2) is 0 Å². The summed E-state index contributed by atoms with van der Waals surface area (Å²) in [5.41, 5.74) is 0.826. The molecule has 3 nitrogen and oxygen atoms in total. The number of halogens is 1. The molecule has 1 heterocycles. The van der Waals surface area contributed by atoms with Crippen LogP contribution in [-0.2, 0) is 0 Å². The minimum Gasteiger partial charge on any atom is -0.258 e. The van der Waals surface area contributed by atoms with Crippen LogP contribution in [0.5, 0.6) is 0 Å². The van der Waals surface area contributed by atoms with Crippen molar-refractivity contribution in [1.29, 1.82) is 0 Å². The molecule has 0 bridgehead atoms. The maximum absolute atomic E-state index is 10.3. The van der Waals surface area contributed by atoms with E-state index < -0.39 is 4.92 Å². The zero-order valence-electron chi connectivity index (χ0n) is 6.07. The lowest BCUT2D eigenvalue weighted by Gasteiger charge is -1.80. The van der Waals surface area contributed by atoms with Crippen molar-refractivity contribution in [3.05, 3.63) is 33.2 Å². The van der Waals surface area contributed by atoms with Crippen molar-refractivity contribution in [1.82, 2.24) is 0 Å². The van der Waals surface area contributed by atoms with Gasteiger partial charge in [-0.3, -0.25) is 10.1 Å². The lowest BCUT2D eigenvalue weighted by molar-refractivity contribution is -0.380. The molecule has 0 saturated carbocycles. The molecule has 0 radical (unpaired) electrons. The van der Waals surface area contributed by atoms with Gasteiger partial charge >= 0.3 is 5.00 Å². The number of hydrogen-bond donors (Lipinski definition) is 0. The van der Waals surface area contributed by atoms with E-state index in [9.17, 15) is 10.1 Å². The van der Waals surface area contributed by atoms with Crippen LogP contribution in [0.25, 0.3) is 6.08 Å². The number of nitro groups is 1. The van der Waals surface area contributed by atoms with Crippen LogP contribution in [0, 0.1) is 10.1 Å². The van der Waals surface area contributed by atoms with Gasteiger partial charge in [0.15, 0.2) is 0 Å². The average molecular weight is 204 g/mol. The van der Waals surface area contributed by atoms with Crippen molar-refractivity contribution >= 4 is 34.0 Å². The summed E-state index contributed by atoms with van der Waals surface area (Å²) < 4.78 is 0. The second-order valence-corrected chi connectivity index (χ2v) is 3.23. The Morgan fingerprint density at radius 3 is 3.00 bits per heavy atom. The molecule has 1 rings (SSSR count). The molecule has 0 unspecified atom stereocenters. The molecule has 64 valence electrons. The highest BCUT2D eigenvalue weighted by molar-refractivity contribution is 7.13. The largest absolute Gasteiger partial charge is 0.324 e. The highest BCUT2D eigenvalue weighted by atomic mass is 35.5. The first-order valence-corrected chi connectivity index (χ1v) is 4.61. The van der Waals surface area contributed by atoms with E-state index in [4.69, 9.17) is 11.6 Å². The highest BCUT2D eigenvalue weighted by Crippen LogP contribution is 2.23. The number of hydrogen-bond acceptors (Lipinski definition) is 3. The van der Waals surface area contributed by atoms with Gasteiger partial charge in [-0.2, -0.15) is 0 Å². The molecular formula is C7H6ClNO2S. The standard InChI is InChI=1S/C7H6ClNO2S/c8-3-1-2-6-4-7(9(10)11)12-5-6/h1-2,4-5H,3H2. The Bertz CT molecular complexity index is 308. The minimum absolute atomic E-state index is 0.157. The molecule has 1 aromatic rings. The third-order valence-corrected chi connectivity index (χ3v) is 2.26. The van der Waals surface area contributed by atoms with Crippen molar-refractivity contribution in [2.24, 2.45) is 0 Å². The quantitative estimate of drug-likeness (QED) is 0.431. The first-order chi connectivity index (χ1) is 5.74. The van der Waals surface area contributed by atoms with Gasteiger partial charge in [0.25, 0.3) is 0 Å². The fraction of sp³-hybridized carbons (Fsp3) is 0.143. The smallest absolute Gasteiger partial charge is 0.258 e. The summed E-state index contributed by atoms with van der Waals surface area (Å²) in [4.78, 5) is 9.85. The first kappa shape index (κ1) is 9.22. The second kappa shape index (κ2) is 4.23. The van der Waals surface area contributed by atoms with Gasteiger partial charge in [0, 0.05) is 17.3 Å². The van der Waals surface area contributed by atoms with Gasteiger partial charge in [-0.05, 0) is 5.56 Å². The van der Waals surface area contributed by atoms with E-state index in [0.29, 0.717) is 5.88 Å². The number of rotatable bonds is 3. The summed E-state index contributed by atoms with van der Waals surface area (Å²) in [6.45, 7) is 0. The van der Waals surface area contributed by atoms with E-state index in [-0.39, 0.29) is 5.00 Å². The molecule has 5 heteroatoms. The fourth-order valence-corrected chi connectivity index (χ4v) is 1.49. The first-order valence-electron chi connectivity index (χ1n) is 3.19. The summed E-state index contributed by atoms with van der Waals surface area (Å²) in [5.74, 6) is 0.420. The Kier molecular flexibility index (Phi) is 3.25. The molecule has 0 fully saturated rings. The van der Waals surface area contributed by atoms with Crippen LogP contribution in [0.4, 0.5) is 5.00 Å². The summed E-state index contributed by atoms with van der Waals surface area (Å²) in [6.07, 6.45) is 3.50. The zero-order chi connectivity index (χ0) is 8.97. The van der Waals surface area contributed by atoms with Gasteiger partial charge in [0.05, 0.1) is 4.92 Å².